The molecule has 2 aliphatic carbocycles. The molecule has 3 fully saturated rings. The Kier molecular flexibility index (Phi) is 7.28. The number of anilines is 2. The third-order valence-electron chi connectivity index (χ3n) is 9.62. The third kappa shape index (κ3) is 4.78. The summed E-state index contributed by atoms with van der Waals surface area (Å²) in [6.45, 7) is -0.221. The number of ether oxygens (including phenoxy) is 1. The van der Waals surface area contributed by atoms with Crippen molar-refractivity contribution in [1.29, 1.82) is 0 Å². The molecular formula is C33H24Cl2FN3O5S2. The van der Waals surface area contributed by atoms with Gasteiger partial charge < -0.3 is 15.0 Å². The van der Waals surface area contributed by atoms with Crippen LogP contribution in [0.2, 0.25) is 10.0 Å². The van der Waals surface area contributed by atoms with Crippen molar-refractivity contribution in [3.63, 3.8) is 0 Å². The number of benzene rings is 3. The number of thioether (sulfide) groups is 1. The van der Waals surface area contributed by atoms with E-state index in [0.29, 0.717) is 27.2 Å². The molecule has 2 aliphatic heterocycles. The van der Waals surface area contributed by atoms with Crippen LogP contribution in [-0.2, 0) is 14.4 Å². The summed E-state index contributed by atoms with van der Waals surface area (Å²) in [7, 11) is 0. The maximum atomic E-state index is 13.8. The van der Waals surface area contributed by atoms with Crippen molar-refractivity contribution in [2.24, 2.45) is 29.6 Å². The van der Waals surface area contributed by atoms with Crippen LogP contribution < -0.4 is 19.8 Å². The van der Waals surface area contributed by atoms with Gasteiger partial charge in [-0.1, -0.05) is 46.7 Å². The number of imide groups is 1. The highest BCUT2D eigenvalue weighted by Gasteiger charge is 2.69. The second-order valence-electron chi connectivity index (χ2n) is 12.0. The van der Waals surface area contributed by atoms with E-state index in [2.05, 4.69) is 10.3 Å². The van der Waals surface area contributed by atoms with E-state index < -0.39 is 17.7 Å². The van der Waals surface area contributed by atoms with E-state index in [9.17, 15) is 23.6 Å². The first-order valence-corrected chi connectivity index (χ1v) is 17.1. The number of nitrogens with one attached hydrogen (secondary N) is 2. The molecule has 1 saturated heterocycles. The second-order valence-corrected chi connectivity index (χ2v) is 15.0. The summed E-state index contributed by atoms with van der Waals surface area (Å²) in [5.74, 6) is -1.85. The molecule has 0 radical (unpaired) electrons. The van der Waals surface area contributed by atoms with Gasteiger partial charge in [0.1, 0.15) is 11.6 Å². The molecule has 1 aromatic heterocycles. The van der Waals surface area contributed by atoms with Gasteiger partial charge in [0.25, 0.3) is 5.91 Å². The number of thiazole rings is 1. The number of halogens is 3. The highest BCUT2D eigenvalue weighted by Crippen LogP contribution is 2.68. The molecular weight excluding hydrogens is 672 g/mol. The lowest BCUT2D eigenvalue weighted by Gasteiger charge is -2.43. The van der Waals surface area contributed by atoms with Crippen molar-refractivity contribution in [2.45, 2.75) is 22.6 Å². The van der Waals surface area contributed by atoms with Crippen LogP contribution in [0, 0.1) is 35.4 Å². The molecule has 3 amide bonds. The molecule has 4 aromatic rings. The number of amides is 3. The number of rotatable bonds is 6. The van der Waals surface area contributed by atoms with Gasteiger partial charge >= 0.3 is 4.87 Å². The number of hydrogen-bond acceptors (Lipinski definition) is 7. The minimum atomic E-state index is -0.458. The molecule has 2 bridgehead atoms. The monoisotopic (exact) mass is 695 g/mol. The van der Waals surface area contributed by atoms with Crippen LogP contribution in [0.1, 0.15) is 22.8 Å². The van der Waals surface area contributed by atoms with Gasteiger partial charge in [-0.05, 0) is 84.3 Å². The maximum Gasteiger partial charge on any atom is 0.305 e. The minimum Gasteiger partial charge on any atom is -0.484 e. The predicted molar refractivity (Wildman–Crippen MR) is 174 cm³/mol. The van der Waals surface area contributed by atoms with E-state index in [1.54, 1.807) is 42.1 Å². The van der Waals surface area contributed by atoms with Crippen LogP contribution in [0.5, 0.6) is 5.75 Å². The Balaban J connectivity index is 1.04. The standard InChI is InChI=1S/C33H24Cl2FN3O5S2/c34-21-10-5-16(11-22(21)35)37-23(40)13-44-18-8-1-14(2-9-18)24-25-19-12-20(28(25)45-30-29(24)46-33(43)38-30)27-26(19)31(41)39(32(27)42)17-6-3-15(36)4-7-17/h1-11,19-20,24-28H,12-13H2,(H,37,40)(H,38,43)/t19-,20-,24-,25?,26?,27?,28?/m1/s1. The van der Waals surface area contributed by atoms with Gasteiger partial charge in [0.05, 0.1) is 32.6 Å². The molecule has 4 unspecified atom stereocenters. The largest absolute Gasteiger partial charge is 0.484 e. The Labute approximate surface area is 280 Å². The zero-order valence-corrected chi connectivity index (χ0v) is 26.9. The van der Waals surface area contributed by atoms with Crippen LogP contribution >= 0.6 is 46.3 Å². The molecule has 46 heavy (non-hydrogen) atoms. The smallest absolute Gasteiger partial charge is 0.305 e. The highest BCUT2D eigenvalue weighted by atomic mass is 35.5. The van der Waals surface area contributed by atoms with E-state index in [4.69, 9.17) is 27.9 Å². The number of H-pyrrole nitrogens is 1. The van der Waals surface area contributed by atoms with E-state index >= 15 is 0 Å². The normalized spacial score (nSPS) is 27.4. The topological polar surface area (TPSA) is 109 Å². The summed E-state index contributed by atoms with van der Waals surface area (Å²) < 4.78 is 19.4. The lowest BCUT2D eigenvalue weighted by molar-refractivity contribution is -0.123. The predicted octanol–water partition coefficient (Wildman–Crippen LogP) is 6.58. The number of aromatic amines is 1. The van der Waals surface area contributed by atoms with E-state index in [0.717, 1.165) is 21.9 Å². The molecule has 234 valence electrons. The molecule has 13 heteroatoms. The molecule has 2 saturated carbocycles. The summed E-state index contributed by atoms with van der Waals surface area (Å²) in [6, 6.07) is 17.7. The Morgan fingerprint density at radius 2 is 1.67 bits per heavy atom. The molecule has 4 aliphatic rings. The van der Waals surface area contributed by atoms with Crippen LogP contribution in [0.4, 0.5) is 15.8 Å². The number of aromatic nitrogens is 1. The molecule has 2 N–H and O–H groups in total. The average Bonchev–Trinajstić information content (AvgIpc) is 3.78. The first-order valence-electron chi connectivity index (χ1n) is 14.7. The van der Waals surface area contributed by atoms with Crippen molar-refractivity contribution in [2.75, 3.05) is 16.8 Å². The summed E-state index contributed by atoms with van der Waals surface area (Å²) >= 11 is 14.8. The lowest BCUT2D eigenvalue weighted by Crippen LogP contribution is -2.42. The maximum absolute atomic E-state index is 13.8. The number of carbonyl (C=O) groups excluding carboxylic acids is 3. The van der Waals surface area contributed by atoms with Crippen molar-refractivity contribution >= 4 is 75.4 Å². The minimum absolute atomic E-state index is 0.0254. The Hall–Kier alpha value is -3.64. The summed E-state index contributed by atoms with van der Waals surface area (Å²) in [5, 5.41) is 4.30. The molecule has 0 spiro atoms. The quantitative estimate of drug-likeness (QED) is 0.221. The average molecular weight is 697 g/mol. The van der Waals surface area contributed by atoms with E-state index in [1.807, 2.05) is 12.1 Å². The third-order valence-corrected chi connectivity index (χ3v) is 12.9. The fourth-order valence-electron chi connectivity index (χ4n) is 7.93. The molecule has 7 atom stereocenters. The van der Waals surface area contributed by atoms with Crippen LogP contribution in [-0.4, -0.2) is 34.6 Å². The molecule has 3 aromatic carbocycles. The molecule has 3 heterocycles. The van der Waals surface area contributed by atoms with E-state index in [-0.39, 0.29) is 58.1 Å². The number of carbonyl (C=O) groups is 3. The van der Waals surface area contributed by atoms with Gasteiger partial charge in [-0.2, -0.15) is 0 Å². The first kappa shape index (κ1) is 29.7. The molecule has 8 rings (SSSR count). The van der Waals surface area contributed by atoms with Crippen molar-refractivity contribution in [3.8, 4) is 5.75 Å². The van der Waals surface area contributed by atoms with Gasteiger partial charge in [-0.25, -0.2) is 4.39 Å². The van der Waals surface area contributed by atoms with Crippen molar-refractivity contribution in [3.05, 3.63) is 103 Å². The SMILES string of the molecule is O=C(COc1ccc([C@H]2c3sc(=O)[nH]c3SC3C2[C@H]2C[C@@H]3C3C(=O)N(c4ccc(F)cc4)C(=O)C32)cc1)Nc1ccc(Cl)c(Cl)c1. The van der Waals surface area contributed by atoms with Gasteiger partial charge in [-0.3, -0.25) is 24.1 Å². The summed E-state index contributed by atoms with van der Waals surface area (Å²) in [4.78, 5) is 57.6. The zero-order chi connectivity index (χ0) is 31.9. The second kappa shape index (κ2) is 11.3. The van der Waals surface area contributed by atoms with Gasteiger partial charge in [0.15, 0.2) is 6.61 Å². The summed E-state index contributed by atoms with van der Waals surface area (Å²) in [5.41, 5.74) is 1.86. The number of hydrogen-bond donors (Lipinski definition) is 2. The van der Waals surface area contributed by atoms with Crippen LogP contribution in [0.3, 0.4) is 0 Å². The Morgan fingerprint density at radius 1 is 0.957 bits per heavy atom. The Bertz CT molecular complexity index is 1970. The fraction of sp³-hybridized carbons (Fsp3) is 0.273. The highest BCUT2D eigenvalue weighted by molar-refractivity contribution is 8.00. The van der Waals surface area contributed by atoms with E-state index in [1.165, 1.54) is 40.5 Å². The van der Waals surface area contributed by atoms with Crippen molar-refractivity contribution in [1.82, 2.24) is 4.98 Å². The molecule has 8 nitrogen and oxygen atoms in total. The van der Waals surface area contributed by atoms with Gasteiger partial charge in [0, 0.05) is 21.7 Å². The summed E-state index contributed by atoms with van der Waals surface area (Å²) in [6.07, 6.45) is 0.761. The number of nitrogens with zero attached hydrogens (tertiary/aromatic N) is 1. The Morgan fingerprint density at radius 3 is 2.39 bits per heavy atom. The lowest BCUT2D eigenvalue weighted by atomic mass is 9.68. The first-order chi connectivity index (χ1) is 22.2. The van der Waals surface area contributed by atoms with Gasteiger partial charge in [0.2, 0.25) is 11.8 Å². The zero-order valence-electron chi connectivity index (χ0n) is 23.7. The van der Waals surface area contributed by atoms with Crippen LogP contribution in [0.25, 0.3) is 0 Å². The van der Waals surface area contributed by atoms with Crippen LogP contribution in [0.15, 0.2) is 76.6 Å². The fourth-order valence-corrected chi connectivity index (χ4v) is 11.1. The van der Waals surface area contributed by atoms with Gasteiger partial charge in [-0.15, -0.1) is 11.8 Å². The number of fused-ring (bicyclic) bond motifs is 9. The van der Waals surface area contributed by atoms with Crippen molar-refractivity contribution < 1.29 is 23.5 Å².